The van der Waals surface area contributed by atoms with Crippen LogP contribution >= 0.6 is 12.4 Å². The van der Waals surface area contributed by atoms with E-state index >= 15 is 0 Å². The van der Waals surface area contributed by atoms with Crippen LogP contribution in [0, 0.1) is 0 Å². The number of hydrogen-bond acceptors (Lipinski definition) is 1. The minimum atomic E-state index is 0. The van der Waals surface area contributed by atoms with Crippen molar-refractivity contribution in [1.82, 2.24) is 0 Å². The zero-order valence-corrected chi connectivity index (χ0v) is 13.9. The second kappa shape index (κ2) is 7.62. The summed E-state index contributed by atoms with van der Waals surface area (Å²) in [5.74, 6) is 0. The molecule has 0 spiro atoms. The highest BCUT2D eigenvalue weighted by Gasteiger charge is 2.12. The highest BCUT2D eigenvalue weighted by atomic mass is 35.5. The number of hydrogen-bond donors (Lipinski definition) is 1. The zero-order valence-electron chi connectivity index (χ0n) is 13.1. The third-order valence-corrected chi connectivity index (χ3v) is 4.32. The average Bonchev–Trinajstić information content (AvgIpc) is 2.54. The van der Waals surface area contributed by atoms with Gasteiger partial charge in [-0.15, -0.1) is 12.4 Å². The highest BCUT2D eigenvalue weighted by molar-refractivity contribution is 6.09. The van der Waals surface area contributed by atoms with Crippen LogP contribution in [0.3, 0.4) is 0 Å². The van der Waals surface area contributed by atoms with Crippen LogP contribution in [0.15, 0.2) is 54.6 Å². The van der Waals surface area contributed by atoms with Gasteiger partial charge in [0, 0.05) is 6.04 Å². The van der Waals surface area contributed by atoms with E-state index in [0.717, 1.165) is 6.42 Å². The summed E-state index contributed by atoms with van der Waals surface area (Å²) >= 11 is 0. The first-order valence-electron chi connectivity index (χ1n) is 7.97. The molecule has 0 aliphatic rings. The Bertz CT molecular complexity index is 751. The molecule has 3 aromatic rings. The molecular formula is C20H24ClN. The number of benzene rings is 3. The monoisotopic (exact) mass is 313 g/mol. The van der Waals surface area contributed by atoms with E-state index in [1.807, 2.05) is 0 Å². The smallest absolute Gasteiger partial charge is 0.0301 e. The minimum absolute atomic E-state index is 0. The van der Waals surface area contributed by atoms with Crippen molar-refractivity contribution < 1.29 is 0 Å². The van der Waals surface area contributed by atoms with Crippen LogP contribution in [0.1, 0.15) is 44.2 Å². The van der Waals surface area contributed by atoms with Crippen LogP contribution in [0.4, 0.5) is 0 Å². The minimum Gasteiger partial charge on any atom is -0.324 e. The molecule has 1 nitrogen and oxygen atoms in total. The molecule has 0 bridgehead atoms. The highest BCUT2D eigenvalue weighted by Crippen LogP contribution is 2.32. The fourth-order valence-corrected chi connectivity index (χ4v) is 3.16. The van der Waals surface area contributed by atoms with Crippen molar-refractivity contribution in [3.63, 3.8) is 0 Å². The topological polar surface area (TPSA) is 26.0 Å². The molecule has 2 N–H and O–H groups in total. The lowest BCUT2D eigenvalue weighted by atomic mass is 9.92. The molecule has 1 atom stereocenters. The molecule has 0 aliphatic heterocycles. The molecule has 22 heavy (non-hydrogen) atoms. The zero-order chi connectivity index (χ0) is 14.7. The van der Waals surface area contributed by atoms with Gasteiger partial charge in [-0.1, -0.05) is 74.7 Å². The Labute approximate surface area is 138 Å². The number of halogens is 1. The molecule has 3 rings (SSSR count). The summed E-state index contributed by atoms with van der Waals surface area (Å²) in [4.78, 5) is 0. The molecule has 0 unspecified atom stereocenters. The maximum atomic E-state index is 6.49. The summed E-state index contributed by atoms with van der Waals surface area (Å²) in [5, 5.41) is 5.23. The Morgan fingerprint density at radius 1 is 0.864 bits per heavy atom. The van der Waals surface area contributed by atoms with Gasteiger partial charge >= 0.3 is 0 Å². The first-order chi connectivity index (χ1) is 10.3. The van der Waals surface area contributed by atoms with Crippen molar-refractivity contribution in [2.45, 2.75) is 38.6 Å². The van der Waals surface area contributed by atoms with Crippen molar-refractivity contribution in [2.75, 3.05) is 0 Å². The van der Waals surface area contributed by atoms with E-state index in [1.54, 1.807) is 0 Å². The van der Waals surface area contributed by atoms with Gasteiger partial charge in [-0.2, -0.15) is 0 Å². The fourth-order valence-electron chi connectivity index (χ4n) is 3.16. The van der Waals surface area contributed by atoms with E-state index < -0.39 is 0 Å². The van der Waals surface area contributed by atoms with Crippen LogP contribution in [-0.2, 0) is 0 Å². The second-order valence-corrected chi connectivity index (χ2v) is 5.83. The molecule has 0 aliphatic carbocycles. The van der Waals surface area contributed by atoms with Crippen molar-refractivity contribution in [1.29, 1.82) is 0 Å². The van der Waals surface area contributed by atoms with Gasteiger partial charge in [0.05, 0.1) is 0 Å². The number of unbranched alkanes of at least 4 members (excludes halogenated alkanes) is 2. The van der Waals surface area contributed by atoms with Gasteiger partial charge < -0.3 is 5.73 Å². The van der Waals surface area contributed by atoms with Gasteiger partial charge in [-0.3, -0.25) is 0 Å². The van der Waals surface area contributed by atoms with E-state index in [4.69, 9.17) is 5.73 Å². The summed E-state index contributed by atoms with van der Waals surface area (Å²) in [6.07, 6.45) is 4.78. The molecule has 116 valence electrons. The number of fused-ring (bicyclic) bond motifs is 3. The summed E-state index contributed by atoms with van der Waals surface area (Å²) in [7, 11) is 0. The van der Waals surface area contributed by atoms with Crippen molar-refractivity contribution in [3.8, 4) is 0 Å². The third kappa shape index (κ3) is 3.26. The quantitative estimate of drug-likeness (QED) is 0.454. The van der Waals surface area contributed by atoms with Crippen molar-refractivity contribution >= 4 is 34.0 Å². The van der Waals surface area contributed by atoms with Crippen LogP contribution in [0.25, 0.3) is 21.5 Å². The summed E-state index contributed by atoms with van der Waals surface area (Å²) in [5.41, 5.74) is 7.78. The molecule has 0 saturated heterocycles. The lowest BCUT2D eigenvalue weighted by Gasteiger charge is -2.16. The first-order valence-corrected chi connectivity index (χ1v) is 7.97. The first kappa shape index (κ1) is 16.8. The molecule has 2 heteroatoms. The molecule has 0 radical (unpaired) electrons. The van der Waals surface area contributed by atoms with E-state index in [0.29, 0.717) is 0 Å². The van der Waals surface area contributed by atoms with E-state index in [1.165, 1.54) is 46.4 Å². The molecule has 0 fully saturated rings. The lowest BCUT2D eigenvalue weighted by molar-refractivity contribution is 0.584. The lowest BCUT2D eigenvalue weighted by Crippen LogP contribution is -2.10. The van der Waals surface area contributed by atoms with Gasteiger partial charge in [-0.05, 0) is 39.6 Å². The second-order valence-electron chi connectivity index (χ2n) is 5.83. The fraction of sp³-hybridized carbons (Fsp3) is 0.300. The van der Waals surface area contributed by atoms with Gasteiger partial charge in [0.1, 0.15) is 0 Å². The Kier molecular flexibility index (Phi) is 5.82. The van der Waals surface area contributed by atoms with Crippen LogP contribution < -0.4 is 5.73 Å². The van der Waals surface area contributed by atoms with E-state index in [9.17, 15) is 0 Å². The van der Waals surface area contributed by atoms with E-state index in [2.05, 4.69) is 61.5 Å². The normalized spacial score (nSPS) is 12.3. The van der Waals surface area contributed by atoms with Gasteiger partial charge in [0.2, 0.25) is 0 Å². The van der Waals surface area contributed by atoms with Crippen LogP contribution in [0.5, 0.6) is 0 Å². The van der Waals surface area contributed by atoms with E-state index in [-0.39, 0.29) is 18.4 Å². The Morgan fingerprint density at radius 2 is 1.50 bits per heavy atom. The maximum Gasteiger partial charge on any atom is 0.0301 e. The van der Waals surface area contributed by atoms with Gasteiger partial charge in [0.15, 0.2) is 0 Å². The Morgan fingerprint density at radius 3 is 2.23 bits per heavy atom. The maximum absolute atomic E-state index is 6.49. The predicted molar refractivity (Wildman–Crippen MR) is 99.8 cm³/mol. The molecule has 0 aromatic heterocycles. The van der Waals surface area contributed by atoms with Crippen LogP contribution in [-0.4, -0.2) is 0 Å². The van der Waals surface area contributed by atoms with Crippen molar-refractivity contribution in [2.24, 2.45) is 5.73 Å². The summed E-state index contributed by atoms with van der Waals surface area (Å²) in [6, 6.07) is 19.6. The largest absolute Gasteiger partial charge is 0.324 e. The predicted octanol–water partition coefficient (Wildman–Crippen LogP) is 5.99. The average molecular weight is 314 g/mol. The summed E-state index contributed by atoms with van der Waals surface area (Å²) in [6.45, 7) is 2.23. The SMILES string of the molecule is CCCCC[C@H](N)c1cc2ccccc2c2ccccc12.Cl. The Balaban J connectivity index is 0.00000176. The number of nitrogens with two attached hydrogens (primary N) is 1. The Hall–Kier alpha value is -1.57. The molecule has 3 aromatic carbocycles. The van der Waals surface area contributed by atoms with Crippen LogP contribution in [0.2, 0.25) is 0 Å². The molecule has 0 heterocycles. The number of rotatable bonds is 5. The standard InChI is InChI=1S/C20H23N.ClH/c1-2-3-4-13-20(21)19-14-15-9-5-6-10-16(15)17-11-7-8-12-18(17)19;/h5-12,14,20H,2-4,13,21H2,1H3;1H/t20-;/m0./s1. The van der Waals surface area contributed by atoms with Gasteiger partial charge in [0.25, 0.3) is 0 Å². The summed E-state index contributed by atoms with van der Waals surface area (Å²) < 4.78 is 0. The molecule has 0 saturated carbocycles. The molecular weight excluding hydrogens is 290 g/mol. The van der Waals surface area contributed by atoms with Crippen molar-refractivity contribution in [3.05, 3.63) is 60.2 Å². The molecule has 0 amide bonds. The van der Waals surface area contributed by atoms with Gasteiger partial charge in [-0.25, -0.2) is 0 Å². The third-order valence-electron chi connectivity index (χ3n) is 4.32.